The smallest absolute Gasteiger partial charge is 0.254 e. The maximum absolute atomic E-state index is 13.3. The van der Waals surface area contributed by atoms with E-state index in [0.717, 1.165) is 22.5 Å². The average molecular weight is 401 g/mol. The van der Waals surface area contributed by atoms with Gasteiger partial charge in [-0.05, 0) is 39.8 Å². The molecule has 0 aromatic carbocycles. The van der Waals surface area contributed by atoms with Crippen LogP contribution < -0.4 is 0 Å². The number of fused-ring (bicyclic) bond motifs is 1. The van der Waals surface area contributed by atoms with E-state index in [1.54, 1.807) is 11.1 Å². The molecule has 1 amide bonds. The molecular formula is C20H24N4O3S. The number of carbonyl (C=O) groups is 1. The molecule has 0 spiro atoms. The largest absolute Gasteiger partial charge is 0.466 e. The van der Waals surface area contributed by atoms with Gasteiger partial charge in [-0.3, -0.25) is 9.00 Å². The Morgan fingerprint density at radius 2 is 1.93 bits per heavy atom. The zero-order chi connectivity index (χ0) is 20.0. The van der Waals surface area contributed by atoms with Crippen LogP contribution >= 0.6 is 0 Å². The molecule has 4 rings (SSSR count). The number of nitrogens with zero attached hydrogens (tertiary/aromatic N) is 4. The van der Waals surface area contributed by atoms with Crippen LogP contribution in [0.1, 0.15) is 41.8 Å². The zero-order valence-electron chi connectivity index (χ0n) is 16.6. The lowest BCUT2D eigenvalue weighted by Crippen LogP contribution is -2.41. The molecule has 0 atom stereocenters. The van der Waals surface area contributed by atoms with Crippen molar-refractivity contribution in [3.8, 4) is 11.3 Å². The van der Waals surface area contributed by atoms with Gasteiger partial charge in [0.25, 0.3) is 5.91 Å². The van der Waals surface area contributed by atoms with E-state index in [1.165, 1.54) is 0 Å². The number of hydrogen-bond acceptors (Lipinski definition) is 5. The van der Waals surface area contributed by atoms with E-state index < -0.39 is 10.8 Å². The highest BCUT2D eigenvalue weighted by atomic mass is 32.2. The molecule has 4 heterocycles. The van der Waals surface area contributed by atoms with Crippen molar-refractivity contribution >= 4 is 27.7 Å². The second kappa shape index (κ2) is 7.16. The van der Waals surface area contributed by atoms with Crippen LogP contribution in [0.2, 0.25) is 0 Å². The van der Waals surface area contributed by atoms with Crippen molar-refractivity contribution in [2.45, 2.75) is 33.7 Å². The van der Waals surface area contributed by atoms with Gasteiger partial charge < -0.3 is 9.32 Å². The Hall–Kier alpha value is -2.48. The number of amides is 1. The Bertz CT molecular complexity index is 1070. The molecule has 28 heavy (non-hydrogen) atoms. The predicted octanol–water partition coefficient (Wildman–Crippen LogP) is 3.09. The number of aromatic nitrogens is 3. The van der Waals surface area contributed by atoms with Crippen LogP contribution in [-0.4, -0.2) is 54.4 Å². The first-order chi connectivity index (χ1) is 13.3. The summed E-state index contributed by atoms with van der Waals surface area (Å²) in [4.78, 5) is 19.9. The third-order valence-corrected chi connectivity index (χ3v) is 6.34. The van der Waals surface area contributed by atoms with Gasteiger partial charge in [-0.2, -0.15) is 5.10 Å². The maximum atomic E-state index is 13.3. The van der Waals surface area contributed by atoms with Crippen LogP contribution in [0.25, 0.3) is 22.3 Å². The molecule has 0 bridgehead atoms. The molecule has 3 aromatic rings. The van der Waals surface area contributed by atoms with Gasteiger partial charge >= 0.3 is 0 Å². The molecule has 8 heteroatoms. The van der Waals surface area contributed by atoms with Crippen molar-refractivity contribution in [3.63, 3.8) is 0 Å². The van der Waals surface area contributed by atoms with Crippen molar-refractivity contribution in [1.29, 1.82) is 0 Å². The van der Waals surface area contributed by atoms with E-state index in [0.29, 0.717) is 41.5 Å². The van der Waals surface area contributed by atoms with Crippen molar-refractivity contribution in [2.75, 3.05) is 24.6 Å². The number of hydrogen-bond donors (Lipinski definition) is 0. The van der Waals surface area contributed by atoms with E-state index in [9.17, 15) is 9.00 Å². The molecule has 0 radical (unpaired) electrons. The fourth-order valence-electron chi connectivity index (χ4n) is 3.61. The topological polar surface area (TPSA) is 81.2 Å². The second-order valence-electron chi connectivity index (χ2n) is 7.44. The maximum Gasteiger partial charge on any atom is 0.254 e. The molecule has 7 nitrogen and oxygen atoms in total. The first-order valence-corrected chi connectivity index (χ1v) is 10.9. The Kier molecular flexibility index (Phi) is 4.82. The highest BCUT2D eigenvalue weighted by Gasteiger charge is 2.26. The van der Waals surface area contributed by atoms with Crippen LogP contribution in [0.5, 0.6) is 0 Å². The average Bonchev–Trinajstić information content (AvgIpc) is 3.23. The SMILES string of the molecule is Cc1cc(-c2cc(C(=O)N3CCS(=O)CC3)c3cnn(C(C)C)c3n2)c(C)o1. The molecule has 1 saturated heterocycles. The summed E-state index contributed by atoms with van der Waals surface area (Å²) in [6.45, 7) is 8.88. The Morgan fingerprint density at radius 3 is 2.54 bits per heavy atom. The molecular weight excluding hydrogens is 376 g/mol. The van der Waals surface area contributed by atoms with Crippen molar-refractivity contribution in [1.82, 2.24) is 19.7 Å². The quantitative estimate of drug-likeness (QED) is 0.675. The van der Waals surface area contributed by atoms with Gasteiger partial charge in [0, 0.05) is 47.0 Å². The summed E-state index contributed by atoms with van der Waals surface area (Å²) in [5, 5.41) is 5.21. The number of rotatable bonds is 3. The standard InChI is InChI=1S/C20H24N4O3S/c1-12(2)24-19-17(11-21-24)16(20(25)23-5-7-28(26)8-6-23)10-18(22-19)15-9-13(3)27-14(15)4/h9-12H,5-8H2,1-4H3. The van der Waals surface area contributed by atoms with Crippen molar-refractivity contribution < 1.29 is 13.4 Å². The number of pyridine rings is 1. The molecule has 0 aliphatic carbocycles. The first-order valence-electron chi connectivity index (χ1n) is 9.45. The van der Waals surface area contributed by atoms with Gasteiger partial charge in [-0.15, -0.1) is 0 Å². The van der Waals surface area contributed by atoms with Gasteiger partial charge in [-0.25, -0.2) is 9.67 Å². The Balaban J connectivity index is 1.88. The summed E-state index contributed by atoms with van der Waals surface area (Å²) >= 11 is 0. The highest BCUT2D eigenvalue weighted by Crippen LogP contribution is 2.30. The normalized spacial score (nSPS) is 15.7. The monoisotopic (exact) mass is 400 g/mol. The third-order valence-electron chi connectivity index (χ3n) is 5.07. The lowest BCUT2D eigenvalue weighted by molar-refractivity contribution is 0.0773. The van der Waals surface area contributed by atoms with Gasteiger partial charge in [0.2, 0.25) is 0 Å². The van der Waals surface area contributed by atoms with E-state index in [2.05, 4.69) is 5.10 Å². The minimum Gasteiger partial charge on any atom is -0.466 e. The van der Waals surface area contributed by atoms with Crippen LogP contribution in [0.15, 0.2) is 22.7 Å². The number of furan rings is 1. The fourth-order valence-corrected chi connectivity index (χ4v) is 4.66. The molecule has 1 aliphatic rings. The van der Waals surface area contributed by atoms with Crippen molar-refractivity contribution in [3.05, 3.63) is 35.4 Å². The summed E-state index contributed by atoms with van der Waals surface area (Å²) in [6, 6.07) is 3.89. The molecule has 0 N–H and O–H groups in total. The second-order valence-corrected chi connectivity index (χ2v) is 9.14. The Labute approximate surface area is 166 Å². The van der Waals surface area contributed by atoms with Crippen LogP contribution in [0.3, 0.4) is 0 Å². The summed E-state index contributed by atoms with van der Waals surface area (Å²) in [6.07, 6.45) is 1.72. The minimum absolute atomic E-state index is 0.0634. The summed E-state index contributed by atoms with van der Waals surface area (Å²) in [7, 11) is -0.833. The van der Waals surface area contributed by atoms with Crippen LogP contribution in [0, 0.1) is 13.8 Å². The molecule has 1 aliphatic heterocycles. The number of aryl methyl sites for hydroxylation is 2. The molecule has 0 saturated carbocycles. The lowest BCUT2D eigenvalue weighted by atomic mass is 10.1. The number of carbonyl (C=O) groups excluding carboxylic acids is 1. The highest BCUT2D eigenvalue weighted by molar-refractivity contribution is 7.85. The molecule has 0 unspecified atom stereocenters. The lowest BCUT2D eigenvalue weighted by Gasteiger charge is -2.26. The van der Waals surface area contributed by atoms with Gasteiger partial charge in [-0.1, -0.05) is 0 Å². The molecule has 3 aromatic heterocycles. The van der Waals surface area contributed by atoms with Crippen molar-refractivity contribution in [2.24, 2.45) is 0 Å². The summed E-state index contributed by atoms with van der Waals surface area (Å²) in [5.74, 6) is 2.56. The van der Waals surface area contributed by atoms with Gasteiger partial charge in [0.15, 0.2) is 5.65 Å². The predicted molar refractivity (Wildman–Crippen MR) is 109 cm³/mol. The molecule has 1 fully saturated rings. The van der Waals surface area contributed by atoms with Gasteiger partial charge in [0.1, 0.15) is 11.5 Å². The van der Waals surface area contributed by atoms with E-state index in [4.69, 9.17) is 9.40 Å². The molecule has 148 valence electrons. The van der Waals surface area contributed by atoms with Gasteiger partial charge in [0.05, 0.1) is 22.8 Å². The fraction of sp³-hybridized carbons (Fsp3) is 0.450. The van der Waals surface area contributed by atoms with Crippen LogP contribution in [-0.2, 0) is 10.8 Å². The summed E-state index contributed by atoms with van der Waals surface area (Å²) < 4.78 is 19.2. The summed E-state index contributed by atoms with van der Waals surface area (Å²) in [5.41, 5.74) is 2.85. The Morgan fingerprint density at radius 1 is 1.21 bits per heavy atom. The van der Waals surface area contributed by atoms with Crippen LogP contribution in [0.4, 0.5) is 0 Å². The minimum atomic E-state index is -0.833. The van der Waals surface area contributed by atoms with E-state index in [-0.39, 0.29) is 11.9 Å². The third kappa shape index (κ3) is 3.26. The van der Waals surface area contributed by atoms with E-state index >= 15 is 0 Å². The van der Waals surface area contributed by atoms with E-state index in [1.807, 2.05) is 44.5 Å². The zero-order valence-corrected chi connectivity index (χ0v) is 17.4. The first kappa shape index (κ1) is 18.9.